The molecular formula is C11H12BrNO. The Morgan fingerprint density at radius 2 is 2.07 bits per heavy atom. The number of rotatable bonds is 3. The molecule has 0 saturated carbocycles. The first-order chi connectivity index (χ1) is 6.84. The zero-order valence-corrected chi connectivity index (χ0v) is 9.33. The Morgan fingerprint density at radius 1 is 1.29 bits per heavy atom. The number of nitrogens with one attached hydrogen (secondary N) is 1. The maximum atomic E-state index is 5.30. The van der Waals surface area contributed by atoms with E-state index in [9.17, 15) is 0 Å². The van der Waals surface area contributed by atoms with E-state index in [0.717, 1.165) is 17.4 Å². The third-order valence-corrected chi connectivity index (χ3v) is 2.63. The average molecular weight is 254 g/mol. The van der Waals surface area contributed by atoms with E-state index in [-0.39, 0.29) is 6.10 Å². The fourth-order valence-electron chi connectivity index (χ4n) is 1.46. The van der Waals surface area contributed by atoms with E-state index in [0.29, 0.717) is 0 Å². The molecule has 0 aromatic heterocycles. The van der Waals surface area contributed by atoms with Crippen molar-refractivity contribution in [1.29, 1.82) is 0 Å². The highest BCUT2D eigenvalue weighted by Gasteiger charge is 2.13. The van der Waals surface area contributed by atoms with Gasteiger partial charge in [0.25, 0.3) is 0 Å². The van der Waals surface area contributed by atoms with Crippen LogP contribution in [0.1, 0.15) is 12.0 Å². The number of hydrogen-bond acceptors (Lipinski definition) is 2. The molecule has 0 radical (unpaired) electrons. The van der Waals surface area contributed by atoms with E-state index in [4.69, 9.17) is 4.84 Å². The van der Waals surface area contributed by atoms with Gasteiger partial charge in [0.05, 0.1) is 0 Å². The van der Waals surface area contributed by atoms with E-state index in [1.54, 1.807) is 0 Å². The Morgan fingerprint density at radius 3 is 2.71 bits per heavy atom. The molecule has 0 spiro atoms. The molecule has 0 amide bonds. The van der Waals surface area contributed by atoms with Crippen molar-refractivity contribution >= 4 is 15.9 Å². The fourth-order valence-corrected chi connectivity index (χ4v) is 1.85. The lowest BCUT2D eigenvalue weighted by Crippen LogP contribution is -2.11. The Balaban J connectivity index is 1.84. The van der Waals surface area contributed by atoms with Gasteiger partial charge in [0.1, 0.15) is 10.7 Å². The molecule has 1 aromatic rings. The third kappa shape index (κ3) is 2.59. The van der Waals surface area contributed by atoms with Gasteiger partial charge in [-0.2, -0.15) is 0 Å². The summed E-state index contributed by atoms with van der Waals surface area (Å²) in [6, 6.07) is 10.4. The summed E-state index contributed by atoms with van der Waals surface area (Å²) in [5, 5.41) is 0. The topological polar surface area (TPSA) is 21.3 Å². The van der Waals surface area contributed by atoms with E-state index in [1.807, 2.05) is 12.1 Å². The van der Waals surface area contributed by atoms with Crippen LogP contribution in [0.5, 0.6) is 0 Å². The zero-order chi connectivity index (χ0) is 9.80. The van der Waals surface area contributed by atoms with Crippen LogP contribution in [0.3, 0.4) is 0 Å². The lowest BCUT2D eigenvalue weighted by molar-refractivity contribution is 0.0419. The van der Waals surface area contributed by atoms with Crippen molar-refractivity contribution in [2.24, 2.45) is 0 Å². The van der Waals surface area contributed by atoms with Gasteiger partial charge in [-0.1, -0.05) is 30.3 Å². The van der Waals surface area contributed by atoms with Gasteiger partial charge in [-0.3, -0.25) is 10.3 Å². The van der Waals surface area contributed by atoms with Gasteiger partial charge in [-0.15, -0.1) is 0 Å². The van der Waals surface area contributed by atoms with Crippen molar-refractivity contribution in [3.05, 3.63) is 46.6 Å². The number of halogens is 1. The Hall–Kier alpha value is -0.800. The van der Waals surface area contributed by atoms with Crippen molar-refractivity contribution < 1.29 is 4.84 Å². The first-order valence-corrected chi connectivity index (χ1v) is 5.47. The second kappa shape index (κ2) is 4.62. The number of hydrogen-bond donors (Lipinski definition) is 1. The van der Waals surface area contributed by atoms with E-state index >= 15 is 0 Å². The van der Waals surface area contributed by atoms with Crippen LogP contribution >= 0.6 is 15.9 Å². The highest BCUT2D eigenvalue weighted by molar-refractivity contribution is 9.11. The molecule has 1 aliphatic rings. The molecular weight excluding hydrogens is 242 g/mol. The van der Waals surface area contributed by atoms with Crippen LogP contribution in [0.25, 0.3) is 0 Å². The Labute approximate surface area is 92.0 Å². The summed E-state index contributed by atoms with van der Waals surface area (Å²) in [6.45, 7) is 0. The lowest BCUT2D eigenvalue weighted by atomic mass is 10.1. The molecule has 74 valence electrons. The second-order valence-corrected chi connectivity index (χ2v) is 4.15. The van der Waals surface area contributed by atoms with Crippen LogP contribution in [-0.2, 0) is 11.3 Å². The molecule has 1 atom stereocenters. The summed E-state index contributed by atoms with van der Waals surface area (Å²) < 4.78 is 0.926. The number of hydroxylamine groups is 1. The minimum absolute atomic E-state index is 0.185. The van der Waals surface area contributed by atoms with Crippen LogP contribution in [0.4, 0.5) is 0 Å². The molecule has 14 heavy (non-hydrogen) atoms. The van der Waals surface area contributed by atoms with E-state index in [2.05, 4.69) is 45.7 Å². The summed E-state index contributed by atoms with van der Waals surface area (Å²) in [5.41, 5.74) is 4.14. The van der Waals surface area contributed by atoms with Crippen LogP contribution < -0.4 is 5.48 Å². The summed E-state index contributed by atoms with van der Waals surface area (Å²) in [4.78, 5) is 5.30. The number of benzene rings is 1. The molecule has 0 aliphatic carbocycles. The van der Waals surface area contributed by atoms with Gasteiger partial charge in [-0.05, 0) is 40.4 Å². The minimum Gasteiger partial charge on any atom is -0.268 e. The monoisotopic (exact) mass is 253 g/mol. The molecule has 2 nitrogen and oxygen atoms in total. The molecule has 2 rings (SSSR count). The molecule has 3 heteroatoms. The number of aryl methyl sites for hydroxylation is 1. The Bertz CT molecular complexity index is 323. The second-order valence-electron chi connectivity index (χ2n) is 3.30. The molecule has 1 unspecified atom stereocenters. The molecule has 1 heterocycles. The van der Waals surface area contributed by atoms with E-state index in [1.165, 1.54) is 5.56 Å². The molecule has 0 bridgehead atoms. The van der Waals surface area contributed by atoms with Crippen molar-refractivity contribution in [2.45, 2.75) is 18.9 Å². The van der Waals surface area contributed by atoms with Crippen LogP contribution in [-0.4, -0.2) is 6.10 Å². The van der Waals surface area contributed by atoms with Gasteiger partial charge in [-0.25, -0.2) is 0 Å². The molecule has 1 aromatic carbocycles. The van der Waals surface area contributed by atoms with Crippen molar-refractivity contribution in [1.82, 2.24) is 5.48 Å². The standard InChI is InChI=1S/C11H12BrNO/c12-11-8-10(14-13-11)7-6-9-4-2-1-3-5-9/h1-5,8,10,13H,6-7H2. The zero-order valence-electron chi connectivity index (χ0n) is 7.74. The first-order valence-electron chi connectivity index (χ1n) is 4.67. The molecule has 1 aliphatic heterocycles. The highest BCUT2D eigenvalue weighted by Crippen LogP contribution is 2.16. The van der Waals surface area contributed by atoms with Gasteiger partial charge in [0.2, 0.25) is 0 Å². The Kier molecular flexibility index (Phi) is 3.22. The smallest absolute Gasteiger partial charge is 0.107 e. The quantitative estimate of drug-likeness (QED) is 0.837. The highest BCUT2D eigenvalue weighted by atomic mass is 79.9. The largest absolute Gasteiger partial charge is 0.268 e. The first kappa shape index (κ1) is 9.74. The summed E-state index contributed by atoms with van der Waals surface area (Å²) in [6.07, 6.45) is 4.28. The lowest BCUT2D eigenvalue weighted by Gasteiger charge is -2.06. The predicted octanol–water partition coefficient (Wildman–Crippen LogP) is 2.76. The van der Waals surface area contributed by atoms with Crippen LogP contribution in [0.15, 0.2) is 41.0 Å². The predicted molar refractivity (Wildman–Crippen MR) is 59.8 cm³/mol. The maximum Gasteiger partial charge on any atom is 0.107 e. The maximum absolute atomic E-state index is 5.30. The third-order valence-electron chi connectivity index (χ3n) is 2.20. The summed E-state index contributed by atoms with van der Waals surface area (Å²) in [5.74, 6) is 0. The van der Waals surface area contributed by atoms with Gasteiger partial charge in [0, 0.05) is 0 Å². The van der Waals surface area contributed by atoms with Crippen molar-refractivity contribution in [3.63, 3.8) is 0 Å². The molecule has 0 fully saturated rings. The van der Waals surface area contributed by atoms with Gasteiger partial charge >= 0.3 is 0 Å². The minimum atomic E-state index is 0.185. The normalized spacial score (nSPS) is 20.4. The SMILES string of the molecule is BrC1=CC(CCc2ccccc2)ON1. The van der Waals surface area contributed by atoms with Crippen molar-refractivity contribution in [2.75, 3.05) is 0 Å². The molecule has 1 N–H and O–H groups in total. The summed E-state index contributed by atoms with van der Waals surface area (Å²) in [7, 11) is 0. The average Bonchev–Trinajstić information content (AvgIpc) is 2.63. The summed E-state index contributed by atoms with van der Waals surface area (Å²) >= 11 is 3.33. The van der Waals surface area contributed by atoms with Crippen molar-refractivity contribution in [3.8, 4) is 0 Å². The van der Waals surface area contributed by atoms with Crippen LogP contribution in [0, 0.1) is 0 Å². The van der Waals surface area contributed by atoms with Crippen LogP contribution in [0.2, 0.25) is 0 Å². The molecule has 0 saturated heterocycles. The van der Waals surface area contributed by atoms with Gasteiger partial charge < -0.3 is 0 Å². The van der Waals surface area contributed by atoms with Gasteiger partial charge in [0.15, 0.2) is 0 Å². The fraction of sp³-hybridized carbons (Fsp3) is 0.273. The van der Waals surface area contributed by atoms with E-state index < -0.39 is 0 Å².